The zero-order chi connectivity index (χ0) is 17.4. The number of nitrogens with one attached hydrogen (secondary N) is 1. The van der Waals surface area contributed by atoms with Gasteiger partial charge in [0.2, 0.25) is 5.88 Å². The number of nitrogens with zero attached hydrogens (tertiary/aromatic N) is 3. The summed E-state index contributed by atoms with van der Waals surface area (Å²) in [7, 11) is 5.76. The van der Waals surface area contributed by atoms with Gasteiger partial charge >= 0.3 is 6.03 Å². The molecule has 24 heavy (non-hydrogen) atoms. The molecule has 1 fully saturated rings. The van der Waals surface area contributed by atoms with Crippen molar-refractivity contribution in [2.24, 2.45) is 0 Å². The van der Waals surface area contributed by atoms with E-state index in [9.17, 15) is 4.79 Å². The Kier molecular flexibility index (Phi) is 7.27. The Morgan fingerprint density at radius 2 is 2.25 bits per heavy atom. The first-order valence-electron chi connectivity index (χ1n) is 8.36. The molecule has 0 saturated carbocycles. The largest absolute Gasteiger partial charge is 0.475 e. The summed E-state index contributed by atoms with van der Waals surface area (Å²) in [6.07, 6.45) is 3.91. The molecule has 0 spiro atoms. The van der Waals surface area contributed by atoms with E-state index in [4.69, 9.17) is 9.47 Å². The van der Waals surface area contributed by atoms with Crippen LogP contribution in [-0.4, -0.2) is 74.4 Å². The molecule has 1 aromatic rings. The van der Waals surface area contributed by atoms with Crippen LogP contribution in [0.25, 0.3) is 0 Å². The summed E-state index contributed by atoms with van der Waals surface area (Å²) in [6.45, 7) is 3.07. The van der Waals surface area contributed by atoms with Gasteiger partial charge in [0, 0.05) is 45.0 Å². The van der Waals surface area contributed by atoms with Gasteiger partial charge in [0.1, 0.15) is 6.61 Å². The summed E-state index contributed by atoms with van der Waals surface area (Å²) in [5, 5.41) is 2.97. The number of aromatic nitrogens is 1. The molecule has 0 aromatic carbocycles. The SMILES string of the molecule is COCCOc1ccc(CNC(=O)N2CCC[C@@H](N(C)C)C2)cn1. The molecule has 1 aromatic heterocycles. The quantitative estimate of drug-likeness (QED) is 0.761. The van der Waals surface area contributed by atoms with E-state index >= 15 is 0 Å². The zero-order valence-corrected chi connectivity index (χ0v) is 14.8. The lowest BCUT2D eigenvalue weighted by Gasteiger charge is -2.36. The minimum absolute atomic E-state index is 0.0121. The van der Waals surface area contributed by atoms with Crippen LogP contribution in [-0.2, 0) is 11.3 Å². The second-order valence-corrected chi connectivity index (χ2v) is 6.21. The summed E-state index contributed by atoms with van der Waals surface area (Å²) >= 11 is 0. The molecule has 2 heterocycles. The number of urea groups is 1. The van der Waals surface area contributed by atoms with E-state index in [1.807, 2.05) is 11.0 Å². The Hall–Kier alpha value is -1.86. The summed E-state index contributed by atoms with van der Waals surface area (Å²) in [4.78, 5) is 20.6. The first kappa shape index (κ1) is 18.5. The predicted octanol–water partition coefficient (Wildman–Crippen LogP) is 1.34. The smallest absolute Gasteiger partial charge is 0.317 e. The van der Waals surface area contributed by atoms with Gasteiger partial charge in [-0.25, -0.2) is 9.78 Å². The second-order valence-electron chi connectivity index (χ2n) is 6.21. The van der Waals surface area contributed by atoms with Gasteiger partial charge in [0.25, 0.3) is 0 Å². The van der Waals surface area contributed by atoms with Crippen molar-refractivity contribution in [2.75, 3.05) is 47.5 Å². The molecule has 2 rings (SSSR count). The molecule has 7 heteroatoms. The number of pyridine rings is 1. The van der Waals surface area contributed by atoms with E-state index in [0.717, 1.165) is 31.5 Å². The number of carbonyl (C=O) groups is 1. The van der Waals surface area contributed by atoms with Gasteiger partial charge < -0.3 is 24.6 Å². The average Bonchev–Trinajstić information content (AvgIpc) is 2.61. The highest BCUT2D eigenvalue weighted by Crippen LogP contribution is 2.14. The van der Waals surface area contributed by atoms with Crippen LogP contribution in [0.4, 0.5) is 4.79 Å². The fraction of sp³-hybridized carbons (Fsp3) is 0.647. The van der Waals surface area contributed by atoms with E-state index in [1.165, 1.54) is 0 Å². The van der Waals surface area contributed by atoms with E-state index < -0.39 is 0 Å². The van der Waals surface area contributed by atoms with Crippen molar-refractivity contribution in [3.8, 4) is 5.88 Å². The minimum Gasteiger partial charge on any atom is -0.475 e. The number of methoxy groups -OCH3 is 1. The van der Waals surface area contributed by atoms with Crippen LogP contribution in [0.3, 0.4) is 0 Å². The van der Waals surface area contributed by atoms with Gasteiger partial charge in [-0.3, -0.25) is 0 Å². The topological polar surface area (TPSA) is 66.9 Å². The van der Waals surface area contributed by atoms with Crippen molar-refractivity contribution in [2.45, 2.75) is 25.4 Å². The van der Waals surface area contributed by atoms with Crippen molar-refractivity contribution in [3.05, 3.63) is 23.9 Å². The standard InChI is InChI=1S/C17H28N4O3/c1-20(2)15-5-4-8-21(13-15)17(22)19-12-14-6-7-16(18-11-14)24-10-9-23-3/h6-7,11,15H,4-5,8-10,12-13H2,1-3H3,(H,19,22)/t15-/m1/s1. The van der Waals surface area contributed by atoms with Crippen LogP contribution in [0.15, 0.2) is 18.3 Å². The number of rotatable bonds is 7. The van der Waals surface area contributed by atoms with Crippen LogP contribution >= 0.6 is 0 Å². The summed E-state index contributed by atoms with van der Waals surface area (Å²) in [5.41, 5.74) is 0.948. The summed E-state index contributed by atoms with van der Waals surface area (Å²) in [5.74, 6) is 0.562. The highest BCUT2D eigenvalue weighted by molar-refractivity contribution is 5.74. The van der Waals surface area contributed by atoms with Crippen molar-refractivity contribution < 1.29 is 14.3 Å². The average molecular weight is 336 g/mol. The third-order valence-electron chi connectivity index (χ3n) is 4.19. The van der Waals surface area contributed by atoms with Gasteiger partial charge in [0.15, 0.2) is 0 Å². The normalized spacial score (nSPS) is 17.8. The number of likely N-dealkylation sites (N-methyl/N-ethyl adjacent to an activating group) is 1. The molecular formula is C17H28N4O3. The molecule has 1 aliphatic rings. The van der Waals surface area contributed by atoms with Crippen LogP contribution in [0.2, 0.25) is 0 Å². The van der Waals surface area contributed by atoms with Crippen LogP contribution < -0.4 is 10.1 Å². The molecular weight excluding hydrogens is 308 g/mol. The van der Waals surface area contributed by atoms with Crippen molar-refractivity contribution in [1.82, 2.24) is 20.1 Å². The Labute approximate surface area is 143 Å². The fourth-order valence-corrected chi connectivity index (χ4v) is 2.68. The Morgan fingerprint density at radius 3 is 2.92 bits per heavy atom. The molecule has 1 saturated heterocycles. The fourth-order valence-electron chi connectivity index (χ4n) is 2.68. The summed E-state index contributed by atoms with van der Waals surface area (Å²) in [6, 6.07) is 4.14. The summed E-state index contributed by atoms with van der Waals surface area (Å²) < 4.78 is 10.3. The first-order chi connectivity index (χ1) is 11.6. The molecule has 2 amide bonds. The lowest BCUT2D eigenvalue weighted by molar-refractivity contribution is 0.139. The number of likely N-dealkylation sites (tertiary alicyclic amines) is 1. The van der Waals surface area contributed by atoms with Crippen molar-refractivity contribution in [1.29, 1.82) is 0 Å². The molecule has 0 aliphatic carbocycles. The lowest BCUT2D eigenvalue weighted by atomic mass is 10.1. The lowest BCUT2D eigenvalue weighted by Crippen LogP contribution is -2.50. The zero-order valence-electron chi connectivity index (χ0n) is 14.8. The number of hydrogen-bond donors (Lipinski definition) is 1. The molecule has 7 nitrogen and oxygen atoms in total. The Bertz CT molecular complexity index is 507. The van der Waals surface area contributed by atoms with E-state index in [0.29, 0.717) is 31.7 Å². The number of hydrogen-bond acceptors (Lipinski definition) is 5. The van der Waals surface area contributed by atoms with Crippen LogP contribution in [0.1, 0.15) is 18.4 Å². The van der Waals surface area contributed by atoms with Gasteiger partial charge in [-0.2, -0.15) is 0 Å². The monoisotopic (exact) mass is 336 g/mol. The molecule has 1 N–H and O–H groups in total. The van der Waals surface area contributed by atoms with E-state index in [2.05, 4.69) is 29.3 Å². The van der Waals surface area contributed by atoms with Crippen LogP contribution in [0, 0.1) is 0 Å². The maximum Gasteiger partial charge on any atom is 0.317 e. The highest BCUT2D eigenvalue weighted by atomic mass is 16.5. The predicted molar refractivity (Wildman–Crippen MR) is 92.1 cm³/mol. The number of carbonyl (C=O) groups excluding carboxylic acids is 1. The maximum absolute atomic E-state index is 12.3. The highest BCUT2D eigenvalue weighted by Gasteiger charge is 2.24. The first-order valence-corrected chi connectivity index (χ1v) is 8.36. The third-order valence-corrected chi connectivity index (χ3v) is 4.19. The number of piperidine rings is 1. The molecule has 0 bridgehead atoms. The maximum atomic E-state index is 12.3. The van der Waals surface area contributed by atoms with E-state index in [1.54, 1.807) is 19.4 Å². The number of ether oxygens (including phenoxy) is 2. The molecule has 1 atom stereocenters. The molecule has 0 unspecified atom stereocenters. The van der Waals surface area contributed by atoms with Gasteiger partial charge in [-0.15, -0.1) is 0 Å². The van der Waals surface area contributed by atoms with Crippen LogP contribution in [0.5, 0.6) is 5.88 Å². The van der Waals surface area contributed by atoms with Gasteiger partial charge in [-0.05, 0) is 32.5 Å². The molecule has 0 radical (unpaired) electrons. The minimum atomic E-state index is -0.0121. The third kappa shape index (κ3) is 5.65. The number of amides is 2. The van der Waals surface area contributed by atoms with Crippen molar-refractivity contribution >= 4 is 6.03 Å². The van der Waals surface area contributed by atoms with Crippen molar-refractivity contribution in [3.63, 3.8) is 0 Å². The molecule has 134 valence electrons. The van der Waals surface area contributed by atoms with E-state index in [-0.39, 0.29) is 6.03 Å². The van der Waals surface area contributed by atoms with Gasteiger partial charge in [0.05, 0.1) is 6.61 Å². The Balaban J connectivity index is 1.77. The second kappa shape index (κ2) is 9.44. The van der Waals surface area contributed by atoms with Gasteiger partial charge in [-0.1, -0.05) is 6.07 Å². The Morgan fingerprint density at radius 1 is 1.42 bits per heavy atom. The molecule has 1 aliphatic heterocycles.